The third-order valence-electron chi connectivity index (χ3n) is 5.61. The number of hydrogen-bond donors (Lipinski definition) is 1. The number of rotatable bonds is 9. The molecule has 31 heavy (non-hydrogen) atoms. The summed E-state index contributed by atoms with van der Waals surface area (Å²) in [7, 11) is 1.74. The molecule has 0 fully saturated rings. The topological polar surface area (TPSA) is 70.5 Å². The minimum atomic E-state index is -0.284. The molecule has 0 spiro atoms. The Morgan fingerprint density at radius 2 is 1.68 bits per heavy atom. The van der Waals surface area contributed by atoms with E-state index in [0.717, 1.165) is 37.2 Å². The van der Waals surface area contributed by atoms with E-state index in [1.807, 2.05) is 35.8 Å². The van der Waals surface area contributed by atoms with E-state index in [2.05, 4.69) is 29.0 Å². The molecule has 0 saturated heterocycles. The average molecular weight is 422 g/mol. The Bertz CT molecular complexity index is 1060. The van der Waals surface area contributed by atoms with Gasteiger partial charge in [0.05, 0.1) is 11.0 Å². The van der Waals surface area contributed by atoms with Crippen LogP contribution in [-0.2, 0) is 6.54 Å². The van der Waals surface area contributed by atoms with Gasteiger partial charge in [-0.05, 0) is 50.3 Å². The Morgan fingerprint density at radius 1 is 0.968 bits per heavy atom. The highest BCUT2D eigenvalue weighted by atomic mass is 16.2. The van der Waals surface area contributed by atoms with Gasteiger partial charge in [0.1, 0.15) is 0 Å². The third kappa shape index (κ3) is 5.11. The van der Waals surface area contributed by atoms with Gasteiger partial charge >= 0.3 is 0 Å². The van der Waals surface area contributed by atoms with Gasteiger partial charge in [0, 0.05) is 37.8 Å². The monoisotopic (exact) mass is 421 g/mol. The Labute approximate surface area is 183 Å². The van der Waals surface area contributed by atoms with E-state index in [0.29, 0.717) is 23.6 Å². The second-order valence-electron chi connectivity index (χ2n) is 7.46. The number of likely N-dealkylation sites (N-methyl/N-ethyl adjacent to an activating group) is 1. The molecule has 7 heteroatoms. The maximum Gasteiger partial charge on any atom is 0.257 e. The first-order valence-corrected chi connectivity index (χ1v) is 10.8. The fourth-order valence-electron chi connectivity index (χ4n) is 3.51. The predicted octanol–water partition coefficient (Wildman–Crippen LogP) is 3.72. The van der Waals surface area contributed by atoms with Crippen LogP contribution < -0.4 is 5.32 Å². The van der Waals surface area contributed by atoms with Crippen molar-refractivity contribution in [3.63, 3.8) is 0 Å². The van der Waals surface area contributed by atoms with Crippen LogP contribution in [0, 0.1) is 0 Å². The van der Waals surface area contributed by atoms with Gasteiger partial charge < -0.3 is 14.4 Å². The molecule has 2 amide bonds. The summed E-state index contributed by atoms with van der Waals surface area (Å²) in [6.07, 6.45) is 0. The Hall–Kier alpha value is -3.19. The number of para-hydroxylation sites is 2. The molecule has 0 radical (unpaired) electrons. The van der Waals surface area contributed by atoms with E-state index in [4.69, 9.17) is 0 Å². The molecule has 0 unspecified atom stereocenters. The minimum Gasteiger partial charge on any atom is -0.342 e. The second-order valence-corrected chi connectivity index (χ2v) is 7.46. The molecule has 2 aromatic carbocycles. The van der Waals surface area contributed by atoms with Crippen LogP contribution in [-0.4, -0.2) is 64.4 Å². The van der Waals surface area contributed by atoms with Crippen molar-refractivity contribution < 1.29 is 9.59 Å². The highest BCUT2D eigenvalue weighted by Gasteiger charge is 2.17. The van der Waals surface area contributed by atoms with Gasteiger partial charge in [-0.3, -0.25) is 14.9 Å². The van der Waals surface area contributed by atoms with Crippen LogP contribution in [0.15, 0.2) is 48.5 Å². The van der Waals surface area contributed by atoms with Crippen LogP contribution in [0.2, 0.25) is 0 Å². The van der Waals surface area contributed by atoms with Crippen LogP contribution in [0.5, 0.6) is 0 Å². The van der Waals surface area contributed by atoms with E-state index in [-0.39, 0.29) is 11.8 Å². The van der Waals surface area contributed by atoms with Crippen molar-refractivity contribution in [1.82, 2.24) is 19.4 Å². The van der Waals surface area contributed by atoms with Crippen molar-refractivity contribution in [3.05, 3.63) is 59.7 Å². The van der Waals surface area contributed by atoms with E-state index in [1.54, 1.807) is 36.2 Å². The van der Waals surface area contributed by atoms with Crippen molar-refractivity contribution >= 4 is 28.8 Å². The van der Waals surface area contributed by atoms with E-state index in [9.17, 15) is 9.59 Å². The molecule has 164 valence electrons. The molecule has 7 nitrogen and oxygen atoms in total. The smallest absolute Gasteiger partial charge is 0.257 e. The maximum atomic E-state index is 13.0. The molecule has 0 bridgehead atoms. The molecule has 3 aromatic rings. The summed E-state index contributed by atoms with van der Waals surface area (Å²) in [6.45, 7) is 10.3. The fraction of sp³-hybridized carbons (Fsp3) is 0.375. The Balaban J connectivity index is 1.87. The van der Waals surface area contributed by atoms with Gasteiger partial charge in [-0.15, -0.1) is 0 Å². The van der Waals surface area contributed by atoms with E-state index in [1.165, 1.54) is 0 Å². The number of aromatic nitrogens is 2. The normalized spacial score (nSPS) is 11.1. The van der Waals surface area contributed by atoms with Gasteiger partial charge in [-0.25, -0.2) is 4.98 Å². The van der Waals surface area contributed by atoms with Gasteiger partial charge in [0.2, 0.25) is 5.95 Å². The predicted molar refractivity (Wildman–Crippen MR) is 125 cm³/mol. The van der Waals surface area contributed by atoms with E-state index < -0.39 is 0 Å². The van der Waals surface area contributed by atoms with Gasteiger partial charge in [-0.1, -0.05) is 32.0 Å². The molecular formula is C24H31N5O2. The zero-order valence-electron chi connectivity index (χ0n) is 18.8. The first-order chi connectivity index (χ1) is 15.0. The first kappa shape index (κ1) is 22.5. The summed E-state index contributed by atoms with van der Waals surface area (Å²) in [5.41, 5.74) is 2.74. The number of nitrogens with one attached hydrogen (secondary N) is 1. The minimum absolute atomic E-state index is 0.108. The SMILES string of the molecule is CCN(CC)CCn1c(NC(=O)c2cccc(C(=O)N(C)CC)c2)nc2ccccc21. The second kappa shape index (κ2) is 10.2. The zero-order chi connectivity index (χ0) is 22.4. The molecule has 0 saturated carbocycles. The summed E-state index contributed by atoms with van der Waals surface area (Å²) in [5, 5.41) is 2.95. The molecule has 3 rings (SSSR count). The third-order valence-corrected chi connectivity index (χ3v) is 5.61. The number of carbonyl (C=O) groups excluding carboxylic acids is 2. The molecule has 1 N–H and O–H groups in total. The Kier molecular flexibility index (Phi) is 7.41. The molecule has 0 aliphatic rings. The highest BCUT2D eigenvalue weighted by Crippen LogP contribution is 2.20. The van der Waals surface area contributed by atoms with E-state index >= 15 is 0 Å². The maximum absolute atomic E-state index is 13.0. The standard InChI is InChI=1S/C24H31N5O2/c1-5-27(4)23(31)19-12-10-11-18(17-19)22(30)26-24-25-20-13-8-9-14-21(20)29(24)16-15-28(6-2)7-3/h8-14,17H,5-7,15-16H2,1-4H3,(H,25,26,30). The Morgan fingerprint density at radius 3 is 2.39 bits per heavy atom. The molecule has 0 aliphatic carbocycles. The number of anilines is 1. The van der Waals surface area contributed by atoms with Crippen molar-refractivity contribution in [3.8, 4) is 0 Å². The summed E-state index contributed by atoms with van der Waals surface area (Å²) in [5.74, 6) is 0.123. The summed E-state index contributed by atoms with van der Waals surface area (Å²) in [4.78, 5) is 34.1. The molecule has 1 aromatic heterocycles. The number of hydrogen-bond acceptors (Lipinski definition) is 4. The number of imidazole rings is 1. The molecule has 0 atom stereocenters. The van der Waals surface area contributed by atoms with Crippen LogP contribution in [0.3, 0.4) is 0 Å². The van der Waals surface area contributed by atoms with Crippen LogP contribution in [0.25, 0.3) is 11.0 Å². The number of amides is 2. The lowest BCUT2D eigenvalue weighted by Gasteiger charge is -2.19. The van der Waals surface area contributed by atoms with Gasteiger partial charge in [-0.2, -0.15) is 0 Å². The summed E-state index contributed by atoms with van der Waals surface area (Å²) < 4.78 is 2.05. The van der Waals surface area contributed by atoms with Crippen molar-refractivity contribution in [2.24, 2.45) is 0 Å². The number of benzene rings is 2. The van der Waals surface area contributed by atoms with Crippen LogP contribution >= 0.6 is 0 Å². The first-order valence-electron chi connectivity index (χ1n) is 10.8. The average Bonchev–Trinajstić information content (AvgIpc) is 3.15. The van der Waals surface area contributed by atoms with Crippen LogP contribution in [0.1, 0.15) is 41.5 Å². The lowest BCUT2D eigenvalue weighted by atomic mass is 10.1. The largest absolute Gasteiger partial charge is 0.342 e. The molecule has 0 aliphatic heterocycles. The summed E-state index contributed by atoms with van der Waals surface area (Å²) in [6, 6.07) is 14.7. The fourth-order valence-corrected chi connectivity index (χ4v) is 3.51. The quantitative estimate of drug-likeness (QED) is 0.572. The number of nitrogens with zero attached hydrogens (tertiary/aromatic N) is 4. The van der Waals surface area contributed by atoms with Gasteiger partial charge in [0.25, 0.3) is 11.8 Å². The van der Waals surface area contributed by atoms with Crippen molar-refractivity contribution in [2.75, 3.05) is 38.5 Å². The van der Waals surface area contributed by atoms with Gasteiger partial charge in [0.15, 0.2) is 0 Å². The lowest BCUT2D eigenvalue weighted by Crippen LogP contribution is -2.28. The molecular weight excluding hydrogens is 390 g/mol. The summed E-state index contributed by atoms with van der Waals surface area (Å²) >= 11 is 0. The molecule has 1 heterocycles. The number of carbonyl (C=O) groups is 2. The highest BCUT2D eigenvalue weighted by molar-refractivity contribution is 6.06. The zero-order valence-corrected chi connectivity index (χ0v) is 18.8. The lowest BCUT2D eigenvalue weighted by molar-refractivity contribution is 0.0802. The number of fused-ring (bicyclic) bond motifs is 1. The van der Waals surface area contributed by atoms with Crippen molar-refractivity contribution in [2.45, 2.75) is 27.3 Å². The van der Waals surface area contributed by atoms with Crippen LogP contribution in [0.4, 0.5) is 5.95 Å². The van der Waals surface area contributed by atoms with Crippen molar-refractivity contribution in [1.29, 1.82) is 0 Å².